The Bertz CT molecular complexity index is 403. The van der Waals surface area contributed by atoms with E-state index >= 15 is 0 Å². The molecule has 0 aromatic carbocycles. The molecule has 0 saturated heterocycles. The van der Waals surface area contributed by atoms with E-state index in [2.05, 4.69) is 0 Å². The van der Waals surface area contributed by atoms with Gasteiger partial charge in [0, 0.05) is 0 Å². The van der Waals surface area contributed by atoms with Crippen LogP contribution in [0.5, 0.6) is 0 Å². The average molecular weight is 601 g/mol. The van der Waals surface area contributed by atoms with Crippen molar-refractivity contribution in [3.8, 4) is 0 Å². The molecule has 164 valence electrons. The van der Waals surface area contributed by atoms with Gasteiger partial charge >= 0.3 is 193 Å². The molecule has 0 amide bonds. The van der Waals surface area contributed by atoms with E-state index in [1.807, 2.05) is 6.92 Å². The zero-order chi connectivity index (χ0) is 21.0. The molecule has 6 nitrogen and oxygen atoms in total. The van der Waals surface area contributed by atoms with Crippen LogP contribution in [0.25, 0.3) is 0 Å². The van der Waals surface area contributed by atoms with Crippen molar-refractivity contribution < 1.29 is 22.7 Å². The molecule has 0 saturated carbocycles. The van der Waals surface area contributed by atoms with Gasteiger partial charge in [-0.05, 0) is 0 Å². The number of hydrogen-bond acceptors (Lipinski definition) is 6. The first-order valence-corrected chi connectivity index (χ1v) is 15.2. The molecule has 0 radical (unpaired) electrons. The summed E-state index contributed by atoms with van der Waals surface area (Å²) in [4.78, 5) is 0. The second kappa shape index (κ2) is 15.8. The van der Waals surface area contributed by atoms with Crippen LogP contribution in [0.15, 0.2) is 0 Å². The van der Waals surface area contributed by atoms with Crippen molar-refractivity contribution in [3.63, 3.8) is 0 Å². The quantitative estimate of drug-likeness (QED) is 0.133. The fourth-order valence-corrected chi connectivity index (χ4v) is 9.31. The second-order valence-corrected chi connectivity index (χ2v) is 14.5. The maximum absolute atomic E-state index is 13.3. The van der Waals surface area contributed by atoms with Gasteiger partial charge in [0.25, 0.3) is 0 Å². The molecule has 0 rings (SSSR count). The van der Waals surface area contributed by atoms with E-state index in [9.17, 15) is 4.57 Å². The summed E-state index contributed by atoms with van der Waals surface area (Å²) in [6, 6.07) is 0. The third-order valence-corrected chi connectivity index (χ3v) is 9.16. The van der Waals surface area contributed by atoms with Crippen molar-refractivity contribution in [1.29, 1.82) is 0 Å². The first kappa shape index (κ1) is 29.0. The average Bonchev–Trinajstić information content (AvgIpc) is 2.57. The fourth-order valence-electron chi connectivity index (χ4n) is 1.50. The van der Waals surface area contributed by atoms with Crippen molar-refractivity contribution >= 4 is 75.5 Å². The van der Waals surface area contributed by atoms with E-state index in [4.69, 9.17) is 64.5 Å². The zero-order valence-electron chi connectivity index (χ0n) is 16.3. The van der Waals surface area contributed by atoms with Gasteiger partial charge in [-0.2, -0.15) is 0 Å². The molecule has 5 atom stereocenters. The molecule has 0 aliphatic carbocycles. The number of halogens is 4. The molecule has 0 bridgehead atoms. The third kappa shape index (κ3) is 14.6. The number of hydrogen-bond donors (Lipinski definition) is 0. The molecule has 0 heterocycles. The summed E-state index contributed by atoms with van der Waals surface area (Å²) in [5.41, 5.74) is 0. The van der Waals surface area contributed by atoms with Crippen LogP contribution in [0.2, 0.25) is 0 Å². The molecular formula is C15H30Cl4O6PSb. The monoisotopic (exact) mass is 598 g/mol. The summed E-state index contributed by atoms with van der Waals surface area (Å²) >= 11 is 20.6. The molecule has 0 aliphatic heterocycles. The number of rotatable bonds is 16. The predicted molar refractivity (Wildman–Crippen MR) is 114 cm³/mol. The summed E-state index contributed by atoms with van der Waals surface area (Å²) in [6.07, 6.45) is 0.366. The van der Waals surface area contributed by atoms with Gasteiger partial charge in [0.1, 0.15) is 0 Å². The third-order valence-electron chi connectivity index (χ3n) is 2.70. The van der Waals surface area contributed by atoms with Gasteiger partial charge in [-0.1, -0.05) is 0 Å². The SMILES string of the molecule is CCC([O][Sb]([O]CC(C)Cl)[O]CC(C)Cl)P(=O)(OCC(C)Cl)OCC(C)Cl. The topological polar surface area (TPSA) is 63.2 Å². The summed E-state index contributed by atoms with van der Waals surface area (Å²) in [6.45, 7) is 9.46. The molecule has 12 heteroatoms. The molecule has 27 heavy (non-hydrogen) atoms. The summed E-state index contributed by atoms with van der Waals surface area (Å²) in [7, 11) is -3.66. The summed E-state index contributed by atoms with van der Waals surface area (Å²) < 4.78 is 41.8. The van der Waals surface area contributed by atoms with Crippen molar-refractivity contribution in [2.75, 3.05) is 26.4 Å². The molecule has 0 aromatic heterocycles. The molecule has 0 aliphatic rings. The molecule has 5 unspecified atom stereocenters. The fraction of sp³-hybridized carbons (Fsp3) is 1.00. The Labute approximate surface area is 191 Å². The summed E-state index contributed by atoms with van der Waals surface area (Å²) in [5, 5.41) is -1.12. The Balaban J connectivity index is 5.23. The van der Waals surface area contributed by atoms with Crippen LogP contribution in [0.3, 0.4) is 0 Å². The van der Waals surface area contributed by atoms with Crippen molar-refractivity contribution in [2.24, 2.45) is 0 Å². The van der Waals surface area contributed by atoms with Crippen LogP contribution in [-0.4, -0.2) is 75.3 Å². The number of alkyl halides is 4. The van der Waals surface area contributed by atoms with Gasteiger partial charge in [0.05, 0.1) is 0 Å². The molecule has 0 N–H and O–H groups in total. The van der Waals surface area contributed by atoms with Gasteiger partial charge in [0.15, 0.2) is 0 Å². The van der Waals surface area contributed by atoms with E-state index < -0.39 is 34.9 Å². The van der Waals surface area contributed by atoms with Crippen LogP contribution in [0.4, 0.5) is 0 Å². The van der Waals surface area contributed by atoms with Crippen LogP contribution >= 0.6 is 54.0 Å². The van der Waals surface area contributed by atoms with E-state index in [-0.39, 0.29) is 47.9 Å². The van der Waals surface area contributed by atoms with Gasteiger partial charge in [0.2, 0.25) is 0 Å². The Hall–Kier alpha value is 2.01. The first-order chi connectivity index (χ1) is 12.5. The molecule has 0 spiro atoms. The summed E-state index contributed by atoms with van der Waals surface area (Å²) in [5.74, 6) is -0.859. The van der Waals surface area contributed by atoms with Crippen LogP contribution in [-0.2, 0) is 22.7 Å². The van der Waals surface area contributed by atoms with Gasteiger partial charge in [-0.3, -0.25) is 0 Å². The van der Waals surface area contributed by atoms with Crippen LogP contribution in [0, 0.1) is 0 Å². The van der Waals surface area contributed by atoms with Gasteiger partial charge < -0.3 is 0 Å². The van der Waals surface area contributed by atoms with E-state index in [0.29, 0.717) is 6.42 Å². The van der Waals surface area contributed by atoms with E-state index in [1.165, 1.54) is 0 Å². The maximum atomic E-state index is 13.3. The minimum atomic E-state index is -3.66. The Morgan fingerprint density at radius 3 is 1.44 bits per heavy atom. The van der Waals surface area contributed by atoms with Gasteiger partial charge in [-0.15, -0.1) is 0 Å². The molecular weight excluding hydrogens is 571 g/mol. The van der Waals surface area contributed by atoms with Crippen molar-refractivity contribution in [1.82, 2.24) is 0 Å². The predicted octanol–water partition coefficient (Wildman–Crippen LogP) is 5.49. The minimum absolute atomic E-state index is 0.0473. The Morgan fingerprint density at radius 1 is 0.778 bits per heavy atom. The zero-order valence-corrected chi connectivity index (χ0v) is 22.7. The van der Waals surface area contributed by atoms with E-state index in [1.54, 1.807) is 27.7 Å². The normalized spacial score (nSPS) is 20.1. The van der Waals surface area contributed by atoms with Crippen molar-refractivity contribution in [3.05, 3.63) is 0 Å². The van der Waals surface area contributed by atoms with Crippen LogP contribution in [0.1, 0.15) is 41.0 Å². The standard InChI is InChI=1S/C9H18Cl2O4P.2C3H6ClO.Sb/c1-4-9(12)16(13,14-5-7(2)10)15-6-8(3)11;2*1-3(4)2-5;/h7-9H,4-6H2,1-3H3;2*3H,2H2,1H3;/q3*-1;+3. The Kier molecular flexibility index (Phi) is 16.9. The van der Waals surface area contributed by atoms with E-state index in [0.717, 1.165) is 0 Å². The van der Waals surface area contributed by atoms with Crippen LogP contribution < -0.4 is 0 Å². The molecule has 0 fully saturated rings. The van der Waals surface area contributed by atoms with Gasteiger partial charge in [-0.25, -0.2) is 0 Å². The first-order valence-electron chi connectivity index (χ1n) is 8.67. The van der Waals surface area contributed by atoms with Crippen molar-refractivity contribution in [2.45, 2.75) is 68.4 Å². The Morgan fingerprint density at radius 2 is 1.15 bits per heavy atom. The molecule has 0 aromatic rings. The second-order valence-electron chi connectivity index (χ2n) is 6.04.